The van der Waals surface area contributed by atoms with Crippen LogP contribution >= 0.6 is 0 Å². The molecule has 0 saturated carbocycles. The van der Waals surface area contributed by atoms with Crippen molar-refractivity contribution < 1.29 is 0 Å². The van der Waals surface area contributed by atoms with Crippen LogP contribution in [0, 0.1) is 0 Å². The Morgan fingerprint density at radius 3 is 2.67 bits per heavy atom. The number of anilines is 1. The zero-order valence-electron chi connectivity index (χ0n) is 10.6. The maximum atomic E-state index is 5.63. The Morgan fingerprint density at radius 2 is 1.94 bits per heavy atom. The van der Waals surface area contributed by atoms with Crippen LogP contribution in [-0.2, 0) is 13.0 Å². The van der Waals surface area contributed by atoms with E-state index in [4.69, 9.17) is 5.73 Å². The van der Waals surface area contributed by atoms with Crippen LogP contribution in [0.2, 0.25) is 0 Å². The van der Waals surface area contributed by atoms with Crippen molar-refractivity contribution >= 4 is 5.82 Å². The van der Waals surface area contributed by atoms with Gasteiger partial charge in [-0.1, -0.05) is 6.07 Å². The molecule has 2 heterocycles. The summed E-state index contributed by atoms with van der Waals surface area (Å²) in [6.07, 6.45) is 6.28. The van der Waals surface area contributed by atoms with Gasteiger partial charge in [-0.2, -0.15) is 0 Å². The maximum Gasteiger partial charge on any atom is 0.131 e. The predicted octanol–water partition coefficient (Wildman–Crippen LogP) is 1.61. The SMILES string of the molecule is CN(Cc1ccncc1)c1ncccc1CCN. The summed E-state index contributed by atoms with van der Waals surface area (Å²) in [5.41, 5.74) is 8.04. The molecule has 0 spiro atoms. The molecule has 0 unspecified atom stereocenters. The molecule has 94 valence electrons. The molecule has 0 aliphatic carbocycles. The molecule has 4 nitrogen and oxygen atoms in total. The van der Waals surface area contributed by atoms with E-state index in [0.29, 0.717) is 6.54 Å². The molecule has 0 fully saturated rings. The van der Waals surface area contributed by atoms with Crippen molar-refractivity contribution in [2.75, 3.05) is 18.5 Å². The predicted molar refractivity (Wildman–Crippen MR) is 73.3 cm³/mol. The third kappa shape index (κ3) is 3.05. The minimum atomic E-state index is 0.641. The molecule has 18 heavy (non-hydrogen) atoms. The fourth-order valence-corrected chi connectivity index (χ4v) is 1.96. The summed E-state index contributed by atoms with van der Waals surface area (Å²) in [4.78, 5) is 10.6. The molecule has 0 atom stereocenters. The number of aromatic nitrogens is 2. The summed E-state index contributed by atoms with van der Waals surface area (Å²) in [7, 11) is 2.04. The van der Waals surface area contributed by atoms with E-state index < -0.39 is 0 Å². The third-order valence-electron chi connectivity index (χ3n) is 2.81. The Hall–Kier alpha value is -1.94. The molecule has 0 radical (unpaired) electrons. The normalized spacial score (nSPS) is 10.3. The van der Waals surface area contributed by atoms with Crippen LogP contribution < -0.4 is 10.6 Å². The van der Waals surface area contributed by atoms with Crippen molar-refractivity contribution in [2.45, 2.75) is 13.0 Å². The quantitative estimate of drug-likeness (QED) is 0.865. The molecular formula is C14H18N4. The smallest absolute Gasteiger partial charge is 0.131 e. The van der Waals surface area contributed by atoms with Crippen LogP contribution in [0.5, 0.6) is 0 Å². The van der Waals surface area contributed by atoms with Crippen LogP contribution in [0.25, 0.3) is 0 Å². The van der Waals surface area contributed by atoms with Gasteiger partial charge in [0.25, 0.3) is 0 Å². The van der Waals surface area contributed by atoms with Crippen molar-refractivity contribution in [1.29, 1.82) is 0 Å². The standard InChI is InChI=1S/C14H18N4/c1-18(11-12-5-9-16-10-6-12)14-13(4-7-15)3-2-8-17-14/h2-3,5-6,8-10H,4,7,11,15H2,1H3. The first-order valence-corrected chi connectivity index (χ1v) is 6.05. The fraction of sp³-hybridized carbons (Fsp3) is 0.286. The Labute approximate surface area is 107 Å². The molecule has 0 aromatic carbocycles. The zero-order chi connectivity index (χ0) is 12.8. The second-order valence-electron chi connectivity index (χ2n) is 4.24. The lowest BCUT2D eigenvalue weighted by atomic mass is 10.1. The molecule has 2 aromatic heterocycles. The lowest BCUT2D eigenvalue weighted by molar-refractivity contribution is 0.865. The number of nitrogens with two attached hydrogens (primary N) is 1. The van der Waals surface area contributed by atoms with E-state index in [2.05, 4.69) is 20.9 Å². The molecular weight excluding hydrogens is 224 g/mol. The van der Waals surface area contributed by atoms with Gasteiger partial charge in [-0.25, -0.2) is 4.98 Å². The second-order valence-corrected chi connectivity index (χ2v) is 4.24. The molecule has 0 amide bonds. The Morgan fingerprint density at radius 1 is 1.17 bits per heavy atom. The van der Waals surface area contributed by atoms with E-state index in [9.17, 15) is 0 Å². The average molecular weight is 242 g/mol. The van der Waals surface area contributed by atoms with Crippen LogP contribution in [0.4, 0.5) is 5.82 Å². The molecule has 2 rings (SSSR count). The summed E-state index contributed by atoms with van der Waals surface area (Å²) < 4.78 is 0. The molecule has 4 heteroatoms. The summed E-state index contributed by atoms with van der Waals surface area (Å²) in [6.45, 7) is 1.46. The Kier molecular flexibility index (Phi) is 4.25. The monoisotopic (exact) mass is 242 g/mol. The topological polar surface area (TPSA) is 55.0 Å². The van der Waals surface area contributed by atoms with E-state index in [0.717, 1.165) is 18.8 Å². The van der Waals surface area contributed by atoms with Crippen molar-refractivity contribution in [1.82, 2.24) is 9.97 Å². The van der Waals surface area contributed by atoms with Gasteiger partial charge in [-0.15, -0.1) is 0 Å². The minimum Gasteiger partial charge on any atom is -0.355 e. The van der Waals surface area contributed by atoms with Gasteiger partial charge in [0.1, 0.15) is 5.82 Å². The minimum absolute atomic E-state index is 0.641. The van der Waals surface area contributed by atoms with Gasteiger partial charge in [0.2, 0.25) is 0 Å². The number of rotatable bonds is 5. The largest absolute Gasteiger partial charge is 0.355 e. The van der Waals surface area contributed by atoms with E-state index in [1.165, 1.54) is 11.1 Å². The number of hydrogen-bond acceptors (Lipinski definition) is 4. The molecule has 2 N–H and O–H groups in total. The highest BCUT2D eigenvalue weighted by molar-refractivity contribution is 5.46. The van der Waals surface area contributed by atoms with Crippen molar-refractivity contribution in [2.24, 2.45) is 5.73 Å². The van der Waals surface area contributed by atoms with Crippen molar-refractivity contribution in [3.8, 4) is 0 Å². The molecule has 2 aromatic rings. The summed E-state index contributed by atoms with van der Waals surface area (Å²) in [5, 5.41) is 0. The summed E-state index contributed by atoms with van der Waals surface area (Å²) in [5.74, 6) is 1.000. The van der Waals surface area contributed by atoms with Crippen LogP contribution in [0.1, 0.15) is 11.1 Å². The zero-order valence-corrected chi connectivity index (χ0v) is 10.6. The average Bonchev–Trinajstić information content (AvgIpc) is 2.41. The first-order chi connectivity index (χ1) is 8.81. The number of pyridine rings is 2. The number of hydrogen-bond donors (Lipinski definition) is 1. The lowest BCUT2D eigenvalue weighted by Crippen LogP contribution is -2.20. The van der Waals surface area contributed by atoms with E-state index in [-0.39, 0.29) is 0 Å². The van der Waals surface area contributed by atoms with E-state index >= 15 is 0 Å². The highest BCUT2D eigenvalue weighted by atomic mass is 15.2. The Balaban J connectivity index is 2.16. The molecule has 0 saturated heterocycles. The van der Waals surface area contributed by atoms with Crippen molar-refractivity contribution in [3.63, 3.8) is 0 Å². The van der Waals surface area contributed by atoms with E-state index in [1.54, 1.807) is 0 Å². The summed E-state index contributed by atoms with van der Waals surface area (Å²) >= 11 is 0. The van der Waals surface area contributed by atoms with E-state index in [1.807, 2.05) is 43.8 Å². The molecule has 0 aliphatic rings. The van der Waals surface area contributed by atoms with Gasteiger partial charge < -0.3 is 10.6 Å². The van der Waals surface area contributed by atoms with Gasteiger partial charge in [0, 0.05) is 32.2 Å². The molecule has 0 aliphatic heterocycles. The van der Waals surface area contributed by atoms with Gasteiger partial charge in [-0.05, 0) is 42.3 Å². The van der Waals surface area contributed by atoms with Gasteiger partial charge in [0.15, 0.2) is 0 Å². The first kappa shape index (κ1) is 12.5. The van der Waals surface area contributed by atoms with Crippen molar-refractivity contribution in [3.05, 3.63) is 54.0 Å². The third-order valence-corrected chi connectivity index (χ3v) is 2.81. The number of nitrogens with zero attached hydrogens (tertiary/aromatic N) is 3. The van der Waals surface area contributed by atoms with Gasteiger partial charge >= 0.3 is 0 Å². The molecule has 0 bridgehead atoms. The lowest BCUT2D eigenvalue weighted by Gasteiger charge is -2.21. The van der Waals surface area contributed by atoms with Crippen LogP contribution in [0.3, 0.4) is 0 Å². The first-order valence-electron chi connectivity index (χ1n) is 6.05. The highest BCUT2D eigenvalue weighted by Gasteiger charge is 2.08. The van der Waals surface area contributed by atoms with Crippen LogP contribution in [-0.4, -0.2) is 23.6 Å². The highest BCUT2D eigenvalue weighted by Crippen LogP contribution is 2.18. The second kappa shape index (κ2) is 6.12. The Bertz CT molecular complexity index is 484. The van der Waals surface area contributed by atoms with Gasteiger partial charge in [0.05, 0.1) is 0 Å². The summed E-state index contributed by atoms with van der Waals surface area (Å²) in [6, 6.07) is 8.07. The van der Waals surface area contributed by atoms with Crippen LogP contribution in [0.15, 0.2) is 42.9 Å². The maximum absolute atomic E-state index is 5.63. The van der Waals surface area contributed by atoms with Gasteiger partial charge in [-0.3, -0.25) is 4.98 Å². The fourth-order valence-electron chi connectivity index (χ4n) is 1.96.